The fraction of sp³-hybridized carbons (Fsp3) is 0.614. The Labute approximate surface area is 324 Å². The number of hydrogen-bond acceptors (Lipinski definition) is 9. The Kier molecular flexibility index (Phi) is 10.0. The van der Waals surface area contributed by atoms with Gasteiger partial charge in [-0.05, 0) is 44.4 Å². The number of rotatable bonds is 8. The number of piperazine rings is 3. The number of carbonyl (C=O) groups excluding carboxylic acids is 3. The maximum Gasteiger partial charge on any atom is 0.338 e. The Morgan fingerprint density at radius 1 is 1.07 bits per heavy atom. The molecule has 55 heavy (non-hydrogen) atoms. The number of allylic oxidation sites excluding steroid dienone is 3. The Morgan fingerprint density at radius 3 is 2.51 bits per heavy atom. The monoisotopic (exact) mass is 758 g/mol. The first-order valence-corrected chi connectivity index (χ1v) is 20.3. The smallest absolute Gasteiger partial charge is 0.338 e. The zero-order valence-electron chi connectivity index (χ0n) is 33.1. The predicted octanol–water partition coefficient (Wildman–Crippen LogP) is 4.30. The van der Waals surface area contributed by atoms with Crippen LogP contribution in [0.2, 0.25) is 0 Å². The second-order valence-corrected chi connectivity index (χ2v) is 17.9. The highest BCUT2D eigenvalue weighted by atomic mass is 16.6. The number of fused-ring (bicyclic) bond motifs is 3. The molecule has 8 aliphatic rings. The van der Waals surface area contributed by atoms with Gasteiger partial charge in [0.25, 0.3) is 0 Å². The summed E-state index contributed by atoms with van der Waals surface area (Å²) in [6.07, 6.45) is 7.91. The van der Waals surface area contributed by atoms with Gasteiger partial charge in [-0.3, -0.25) is 0 Å². The van der Waals surface area contributed by atoms with Crippen LogP contribution >= 0.6 is 0 Å². The molecule has 1 unspecified atom stereocenters. The maximum absolute atomic E-state index is 13.9. The molecule has 5 heterocycles. The lowest BCUT2D eigenvalue weighted by Gasteiger charge is -2.54. The van der Waals surface area contributed by atoms with E-state index < -0.39 is 66.1 Å². The zero-order valence-corrected chi connectivity index (χ0v) is 33.1. The first-order valence-electron chi connectivity index (χ1n) is 20.3. The number of likely N-dealkylation sites (N-methyl/N-ethyl adjacent to an activating group) is 1. The van der Waals surface area contributed by atoms with E-state index in [2.05, 4.69) is 25.3 Å². The molecule has 5 fully saturated rings. The molecular weight excluding hydrogens is 700 g/mol. The van der Waals surface area contributed by atoms with Gasteiger partial charge in [0.2, 0.25) is 0 Å². The summed E-state index contributed by atoms with van der Waals surface area (Å²) in [4.78, 5) is 40.9. The molecule has 5 aliphatic heterocycles. The van der Waals surface area contributed by atoms with E-state index in [-0.39, 0.29) is 30.1 Å². The largest absolute Gasteiger partial charge is 0.456 e. The topological polar surface area (TPSA) is 118 Å². The fourth-order valence-electron chi connectivity index (χ4n) is 11.0. The number of esters is 3. The SMILES string of the molecule is CO[C@H]1CC2C=C[C@H]3[C@H]4O[C@]2(/C(C)=C/[C@@H](C)[C@@H]([C@@H](C)OC(=O)c2cccc(C[N+]56CC[N+](C)(CC5)CC6)c2)OC1=O)[C@@H]3[C@H](O)[C@@H](C)[C@H]4OC(=O)C1=CC=CC1. The van der Waals surface area contributed by atoms with Crippen molar-refractivity contribution in [1.29, 1.82) is 0 Å². The molecular formula is C44H58N2O9+2. The molecule has 0 radical (unpaired) electrons. The molecule has 9 rings (SSSR count). The maximum atomic E-state index is 13.9. The van der Waals surface area contributed by atoms with Crippen molar-refractivity contribution in [1.82, 2.24) is 0 Å². The molecule has 0 aromatic heterocycles. The van der Waals surface area contributed by atoms with E-state index in [1.807, 2.05) is 51.1 Å². The third-order valence-electron chi connectivity index (χ3n) is 14.5. The van der Waals surface area contributed by atoms with E-state index in [9.17, 15) is 19.5 Å². The number of benzene rings is 1. The highest BCUT2D eigenvalue weighted by molar-refractivity contribution is 5.90. The van der Waals surface area contributed by atoms with E-state index in [1.54, 1.807) is 19.1 Å². The normalized spacial score (nSPS) is 43.1. The highest BCUT2D eigenvalue weighted by Gasteiger charge is 2.69. The van der Waals surface area contributed by atoms with Gasteiger partial charge in [-0.2, -0.15) is 0 Å². The van der Waals surface area contributed by atoms with Crippen LogP contribution in [0, 0.1) is 29.6 Å². The summed E-state index contributed by atoms with van der Waals surface area (Å²) in [5.41, 5.74) is 2.07. The Bertz CT molecular complexity index is 1810. The van der Waals surface area contributed by atoms with Gasteiger partial charge in [-0.25, -0.2) is 14.4 Å². The molecule has 1 aromatic rings. The van der Waals surface area contributed by atoms with E-state index in [1.165, 1.54) is 26.7 Å². The van der Waals surface area contributed by atoms with Crippen LogP contribution in [-0.4, -0.2) is 128 Å². The van der Waals surface area contributed by atoms with E-state index in [4.69, 9.17) is 23.7 Å². The fourth-order valence-corrected chi connectivity index (χ4v) is 11.0. The first kappa shape index (κ1) is 38.3. The van der Waals surface area contributed by atoms with Gasteiger partial charge in [-0.15, -0.1) is 0 Å². The lowest BCUT2D eigenvalue weighted by Crippen LogP contribution is -2.73. The van der Waals surface area contributed by atoms with Gasteiger partial charge in [-0.1, -0.05) is 62.4 Å². The quantitative estimate of drug-likeness (QED) is 0.179. The molecule has 0 amide bonds. The lowest BCUT2D eigenvalue weighted by molar-refractivity contribution is -1.08. The minimum atomic E-state index is -0.993. The van der Waals surface area contributed by atoms with Crippen LogP contribution in [0.3, 0.4) is 0 Å². The summed E-state index contributed by atoms with van der Waals surface area (Å²) in [5.74, 6) is -3.07. The Balaban J connectivity index is 1.04. The number of aliphatic hydroxyl groups excluding tert-OH is 1. The number of cyclic esters (lactones) is 1. The third kappa shape index (κ3) is 6.63. The minimum Gasteiger partial charge on any atom is -0.456 e. The van der Waals surface area contributed by atoms with Gasteiger partial charge >= 0.3 is 17.9 Å². The second-order valence-electron chi connectivity index (χ2n) is 17.9. The zero-order chi connectivity index (χ0) is 38.9. The van der Waals surface area contributed by atoms with Gasteiger partial charge in [0, 0.05) is 47.8 Å². The van der Waals surface area contributed by atoms with Crippen molar-refractivity contribution < 1.29 is 52.1 Å². The molecule has 1 spiro atoms. The summed E-state index contributed by atoms with van der Waals surface area (Å²) < 4.78 is 33.6. The van der Waals surface area contributed by atoms with Crippen molar-refractivity contribution in [2.75, 3.05) is 53.4 Å². The van der Waals surface area contributed by atoms with Gasteiger partial charge in [0.05, 0.1) is 18.7 Å². The predicted molar refractivity (Wildman–Crippen MR) is 203 cm³/mol. The average molecular weight is 759 g/mol. The average Bonchev–Trinajstić information content (AvgIpc) is 3.78. The Hall–Kier alpha value is -3.61. The van der Waals surface area contributed by atoms with Crippen molar-refractivity contribution in [2.45, 2.75) is 89.3 Å². The molecule has 1 aromatic carbocycles. The van der Waals surface area contributed by atoms with Crippen LogP contribution in [-0.2, 0) is 39.8 Å². The van der Waals surface area contributed by atoms with E-state index in [0.29, 0.717) is 17.6 Å². The molecule has 11 heteroatoms. The van der Waals surface area contributed by atoms with Crippen molar-refractivity contribution in [2.24, 2.45) is 29.6 Å². The van der Waals surface area contributed by atoms with Crippen molar-refractivity contribution in [3.05, 3.63) is 83.0 Å². The van der Waals surface area contributed by atoms with Crippen LogP contribution in [0.1, 0.15) is 56.5 Å². The van der Waals surface area contributed by atoms with E-state index in [0.717, 1.165) is 46.3 Å². The standard InChI is InChI=1S/C44H58N2O9/c1-26-22-27(2)44-33(14-15-34-36(44)37(47)28(3)39(40(34)55-44)54-41(48)31-11-7-8-12-31)24-35(51-6)43(50)53-38(26)29(4)52-42(49)32-13-9-10-30(23-32)25-46-19-16-45(5,17-20-46)18-21-46/h7-11,13-15,22-23,26,28-29,33-40,47H,12,16-21,24-25H2,1-6H3/q+2/b27-22+/t26-,28-,29-,33?,34-,35+,36+,37-,38+,39-,40-,44+,45?,46?/m1/s1. The lowest BCUT2D eigenvalue weighted by atomic mass is 9.57. The van der Waals surface area contributed by atoms with Crippen LogP contribution in [0.15, 0.2) is 71.9 Å². The number of quaternary nitrogens is 2. The molecule has 296 valence electrons. The number of carbonyl (C=O) groups is 3. The molecule has 6 bridgehead atoms. The highest BCUT2D eigenvalue weighted by Crippen LogP contribution is 2.61. The number of methoxy groups -OCH3 is 1. The van der Waals surface area contributed by atoms with Crippen molar-refractivity contribution in [3.63, 3.8) is 0 Å². The van der Waals surface area contributed by atoms with Gasteiger partial charge in [0.15, 0.2) is 6.10 Å². The van der Waals surface area contributed by atoms with Crippen LogP contribution < -0.4 is 0 Å². The summed E-state index contributed by atoms with van der Waals surface area (Å²) in [5, 5.41) is 12.1. The molecule has 4 saturated heterocycles. The molecule has 1 saturated carbocycles. The number of ether oxygens (including phenoxy) is 5. The van der Waals surface area contributed by atoms with E-state index >= 15 is 0 Å². The Morgan fingerprint density at radius 2 is 1.82 bits per heavy atom. The third-order valence-corrected chi connectivity index (χ3v) is 14.5. The van der Waals surface area contributed by atoms with Crippen LogP contribution in [0.25, 0.3) is 0 Å². The number of hydrogen-bond donors (Lipinski definition) is 1. The molecule has 11 nitrogen and oxygen atoms in total. The number of nitrogens with zero attached hydrogens (tertiary/aromatic N) is 2. The van der Waals surface area contributed by atoms with Crippen LogP contribution in [0.4, 0.5) is 0 Å². The first-order chi connectivity index (χ1) is 26.3. The molecule has 12 atom stereocenters. The van der Waals surface area contributed by atoms with Gasteiger partial charge in [0.1, 0.15) is 75.8 Å². The van der Waals surface area contributed by atoms with Gasteiger partial charge < -0.3 is 37.8 Å². The molecule has 1 N–H and O–H groups in total. The van der Waals surface area contributed by atoms with Crippen molar-refractivity contribution in [3.8, 4) is 0 Å². The summed E-state index contributed by atoms with van der Waals surface area (Å²) in [6, 6.07) is 7.76. The van der Waals surface area contributed by atoms with Crippen molar-refractivity contribution >= 4 is 17.9 Å². The minimum absolute atomic E-state index is 0.203. The number of aliphatic hydroxyl groups is 1. The second kappa shape index (κ2) is 14.4. The molecule has 3 aliphatic carbocycles. The van der Waals surface area contributed by atoms with Crippen LogP contribution in [0.5, 0.6) is 0 Å². The summed E-state index contributed by atoms with van der Waals surface area (Å²) >= 11 is 0. The summed E-state index contributed by atoms with van der Waals surface area (Å²) in [7, 11) is 3.84. The summed E-state index contributed by atoms with van der Waals surface area (Å²) in [6.45, 7) is 15.5.